The lowest BCUT2D eigenvalue weighted by Gasteiger charge is -2.42. The maximum Gasteiger partial charge on any atom is 0.0465 e. The van der Waals surface area contributed by atoms with Crippen molar-refractivity contribution >= 4 is 17.1 Å². The van der Waals surface area contributed by atoms with E-state index in [1.165, 1.54) is 100 Å². The molecule has 5 aromatic rings. The van der Waals surface area contributed by atoms with Crippen LogP contribution in [0.4, 0.5) is 17.1 Å². The summed E-state index contributed by atoms with van der Waals surface area (Å²) in [5.74, 6) is 2.38. The lowest BCUT2D eigenvalue weighted by Crippen LogP contribution is -2.34. The van der Waals surface area contributed by atoms with Gasteiger partial charge in [-0.1, -0.05) is 115 Å². The normalized spacial score (nSPS) is 26.6. The zero-order valence-corrected chi connectivity index (χ0v) is 31.7. The number of anilines is 3. The van der Waals surface area contributed by atoms with Crippen LogP contribution in [0.5, 0.6) is 0 Å². The van der Waals surface area contributed by atoms with Gasteiger partial charge in [-0.05, 0) is 159 Å². The van der Waals surface area contributed by atoms with Crippen LogP contribution < -0.4 is 4.90 Å². The van der Waals surface area contributed by atoms with Crippen LogP contribution in [0.3, 0.4) is 0 Å². The molecule has 4 unspecified atom stereocenters. The van der Waals surface area contributed by atoms with E-state index in [1.54, 1.807) is 11.1 Å². The van der Waals surface area contributed by atoms with Gasteiger partial charge in [0.25, 0.3) is 0 Å². The molecule has 1 heteroatoms. The monoisotopic (exact) mass is 667 g/mol. The van der Waals surface area contributed by atoms with E-state index in [2.05, 4.69) is 156 Å². The molecule has 0 saturated heterocycles. The summed E-state index contributed by atoms with van der Waals surface area (Å²) >= 11 is 0. The zero-order valence-electron chi connectivity index (χ0n) is 31.7. The van der Waals surface area contributed by atoms with Crippen molar-refractivity contribution in [2.75, 3.05) is 4.90 Å². The predicted molar refractivity (Wildman–Crippen MR) is 215 cm³/mol. The second kappa shape index (κ2) is 10.5. The van der Waals surface area contributed by atoms with Crippen molar-refractivity contribution in [2.45, 2.75) is 109 Å². The Bertz CT molecular complexity index is 2250. The highest BCUT2D eigenvalue weighted by atomic mass is 15.1. The van der Waals surface area contributed by atoms with Crippen LogP contribution in [0.25, 0.3) is 22.3 Å². The minimum Gasteiger partial charge on any atom is -0.310 e. The molecular formula is C50H53N. The summed E-state index contributed by atoms with van der Waals surface area (Å²) < 4.78 is 0. The molecule has 0 aliphatic heterocycles. The number of benzene rings is 5. The molecule has 0 bridgehead atoms. The molecule has 2 fully saturated rings. The van der Waals surface area contributed by atoms with E-state index in [1.807, 2.05) is 0 Å². The molecule has 10 rings (SSSR count). The molecule has 2 saturated carbocycles. The Kier molecular flexibility index (Phi) is 6.51. The minimum atomic E-state index is -0.0584. The van der Waals surface area contributed by atoms with Gasteiger partial charge in [-0.15, -0.1) is 0 Å². The second-order valence-corrected chi connectivity index (χ2v) is 19.0. The molecule has 51 heavy (non-hydrogen) atoms. The first-order valence-electron chi connectivity index (χ1n) is 19.8. The van der Waals surface area contributed by atoms with Crippen molar-refractivity contribution in [3.63, 3.8) is 0 Å². The smallest absolute Gasteiger partial charge is 0.0465 e. The van der Waals surface area contributed by atoms with Crippen LogP contribution in [0, 0.1) is 17.8 Å². The van der Waals surface area contributed by atoms with Crippen molar-refractivity contribution in [1.29, 1.82) is 0 Å². The van der Waals surface area contributed by atoms with E-state index in [9.17, 15) is 0 Å². The van der Waals surface area contributed by atoms with E-state index in [-0.39, 0.29) is 21.7 Å². The lowest BCUT2D eigenvalue weighted by molar-refractivity contribution is 0.332. The van der Waals surface area contributed by atoms with Gasteiger partial charge in [0, 0.05) is 27.9 Å². The molecule has 4 atom stereocenters. The highest BCUT2D eigenvalue weighted by Crippen LogP contribution is 2.66. The van der Waals surface area contributed by atoms with Gasteiger partial charge in [0.1, 0.15) is 0 Å². The summed E-state index contributed by atoms with van der Waals surface area (Å²) in [5, 5.41) is 0. The summed E-state index contributed by atoms with van der Waals surface area (Å²) in [4.78, 5) is 2.61. The van der Waals surface area contributed by atoms with E-state index >= 15 is 0 Å². The third-order valence-corrected chi connectivity index (χ3v) is 14.8. The molecule has 0 aromatic heterocycles. The molecule has 5 aromatic carbocycles. The molecule has 1 nitrogen and oxygen atoms in total. The van der Waals surface area contributed by atoms with Crippen molar-refractivity contribution in [3.05, 3.63) is 137 Å². The van der Waals surface area contributed by atoms with E-state index in [0.29, 0.717) is 0 Å². The lowest BCUT2D eigenvalue weighted by atomic mass is 9.63. The van der Waals surface area contributed by atoms with Crippen LogP contribution in [-0.2, 0) is 21.7 Å². The molecule has 0 amide bonds. The predicted octanol–water partition coefficient (Wildman–Crippen LogP) is 13.5. The second-order valence-electron chi connectivity index (χ2n) is 19.0. The minimum absolute atomic E-state index is 0.0584. The molecule has 258 valence electrons. The van der Waals surface area contributed by atoms with E-state index < -0.39 is 0 Å². The van der Waals surface area contributed by atoms with Gasteiger partial charge < -0.3 is 4.90 Å². The van der Waals surface area contributed by atoms with Crippen molar-refractivity contribution in [3.8, 4) is 22.3 Å². The highest BCUT2D eigenvalue weighted by Gasteiger charge is 2.57. The molecule has 1 spiro atoms. The number of hydrogen-bond acceptors (Lipinski definition) is 1. The standard InChI is InChI=1S/C50H53N/c1-31-26-32-22-23-50(43(32)27-31)41-15-11-9-13-37(41)39-20-17-34(29-45(39)50)51(35-18-21-42-46(30-35)48(4,5)25-24-47(42,2)3)33-16-19-38-36-12-8-10-14-40(36)49(6,7)44(38)28-33/h8-21,28-32,43H,22-27H2,1-7H3. The fourth-order valence-electron chi connectivity index (χ4n) is 12.1. The maximum atomic E-state index is 2.64. The summed E-state index contributed by atoms with van der Waals surface area (Å²) in [6.45, 7) is 17.1. The molecule has 0 N–H and O–H groups in total. The Morgan fingerprint density at radius 3 is 1.73 bits per heavy atom. The van der Waals surface area contributed by atoms with Crippen molar-refractivity contribution < 1.29 is 0 Å². The fourth-order valence-corrected chi connectivity index (χ4v) is 12.1. The van der Waals surface area contributed by atoms with Crippen LogP contribution in [0.1, 0.15) is 120 Å². The summed E-state index contributed by atoms with van der Waals surface area (Å²) in [6.07, 6.45) is 7.81. The van der Waals surface area contributed by atoms with Gasteiger partial charge in [-0.2, -0.15) is 0 Å². The van der Waals surface area contributed by atoms with Crippen LogP contribution in [0.2, 0.25) is 0 Å². The summed E-state index contributed by atoms with van der Waals surface area (Å²) in [5.41, 5.74) is 19.0. The van der Waals surface area contributed by atoms with E-state index in [0.717, 1.165) is 17.8 Å². The Hall–Kier alpha value is -4.10. The SMILES string of the molecule is CC1CC2CCC3(c4ccccc4-c4ccc(N(c5ccc6c(c5)C(C)(C)CCC6(C)C)c5ccc6c(c5)C(C)(C)c5ccccc5-6)cc43)C2C1. The zero-order chi connectivity index (χ0) is 35.1. The third-order valence-electron chi connectivity index (χ3n) is 14.8. The van der Waals surface area contributed by atoms with Gasteiger partial charge in [0.05, 0.1) is 0 Å². The van der Waals surface area contributed by atoms with Gasteiger partial charge in [-0.3, -0.25) is 0 Å². The Morgan fingerprint density at radius 2 is 1.02 bits per heavy atom. The van der Waals surface area contributed by atoms with Crippen LogP contribution in [0.15, 0.2) is 103 Å². The van der Waals surface area contributed by atoms with E-state index in [4.69, 9.17) is 0 Å². The number of hydrogen-bond donors (Lipinski definition) is 0. The fraction of sp³-hybridized carbons (Fsp3) is 0.400. The van der Waals surface area contributed by atoms with Crippen molar-refractivity contribution in [2.24, 2.45) is 17.8 Å². The highest BCUT2D eigenvalue weighted by molar-refractivity contribution is 5.89. The first-order chi connectivity index (χ1) is 24.4. The van der Waals surface area contributed by atoms with Gasteiger partial charge >= 0.3 is 0 Å². The van der Waals surface area contributed by atoms with Gasteiger partial charge in [0.2, 0.25) is 0 Å². The van der Waals surface area contributed by atoms with Gasteiger partial charge in [0.15, 0.2) is 0 Å². The number of fused-ring (bicyclic) bond motifs is 11. The van der Waals surface area contributed by atoms with Crippen LogP contribution >= 0.6 is 0 Å². The number of nitrogens with zero attached hydrogens (tertiary/aromatic N) is 1. The largest absolute Gasteiger partial charge is 0.310 e. The summed E-state index contributed by atoms with van der Waals surface area (Å²) in [7, 11) is 0. The first-order valence-corrected chi connectivity index (χ1v) is 19.8. The van der Waals surface area contributed by atoms with Crippen molar-refractivity contribution in [1.82, 2.24) is 0 Å². The topological polar surface area (TPSA) is 3.24 Å². The molecule has 0 heterocycles. The third kappa shape index (κ3) is 4.27. The Labute approximate surface area is 306 Å². The molecule has 5 aliphatic carbocycles. The Balaban J connectivity index is 1.20. The number of rotatable bonds is 3. The Morgan fingerprint density at radius 1 is 0.490 bits per heavy atom. The average molecular weight is 668 g/mol. The first kappa shape index (κ1) is 31.6. The van der Waals surface area contributed by atoms with Crippen LogP contribution in [-0.4, -0.2) is 0 Å². The van der Waals surface area contributed by atoms with Gasteiger partial charge in [-0.25, -0.2) is 0 Å². The quantitative estimate of drug-likeness (QED) is 0.185. The molecule has 0 radical (unpaired) electrons. The molecular weight excluding hydrogens is 615 g/mol. The molecule has 5 aliphatic rings. The average Bonchev–Trinajstić information content (AvgIpc) is 3.82. The summed E-state index contributed by atoms with van der Waals surface area (Å²) in [6, 6.07) is 40.8. The maximum absolute atomic E-state index is 2.64.